The van der Waals surface area contributed by atoms with Gasteiger partial charge in [-0.2, -0.15) is 0 Å². The summed E-state index contributed by atoms with van der Waals surface area (Å²) in [4.78, 5) is 0. The van der Waals surface area contributed by atoms with Gasteiger partial charge in [0.2, 0.25) is 0 Å². The highest BCUT2D eigenvalue weighted by molar-refractivity contribution is 5.88. The van der Waals surface area contributed by atoms with E-state index in [-0.39, 0.29) is 0 Å². The molecule has 0 radical (unpaired) electrons. The summed E-state index contributed by atoms with van der Waals surface area (Å²) in [7, 11) is 0. The average Bonchev–Trinajstić information content (AvgIpc) is 2.68. The first kappa shape index (κ1) is 18.5. The molecular weight excluding hydrogens is 324 g/mol. The molecule has 0 saturated carbocycles. The predicted octanol–water partition coefficient (Wildman–Crippen LogP) is 6.76. The maximum Gasteiger partial charge on any atom is 0.0327 e. The van der Waals surface area contributed by atoms with Crippen LogP contribution in [0.2, 0.25) is 0 Å². The van der Waals surface area contributed by atoms with Gasteiger partial charge in [0.15, 0.2) is 0 Å². The topological polar surface area (TPSA) is 0 Å². The minimum Gasteiger partial charge on any atom is -0.0899 e. The second-order valence-corrected chi connectivity index (χ2v) is 6.93. The Morgan fingerprint density at radius 3 is 1.74 bits per heavy atom. The molecule has 27 heavy (non-hydrogen) atoms. The second kappa shape index (κ2) is 8.39. The van der Waals surface area contributed by atoms with Crippen molar-refractivity contribution in [1.29, 1.82) is 0 Å². The first-order chi connectivity index (χ1) is 13.0. The fourth-order valence-electron chi connectivity index (χ4n) is 2.71. The number of hydrogen-bond donors (Lipinski definition) is 0. The van der Waals surface area contributed by atoms with E-state index < -0.39 is 0 Å². The Balaban J connectivity index is 2.00. The number of rotatable bonds is 3. The van der Waals surface area contributed by atoms with Crippen molar-refractivity contribution in [3.63, 3.8) is 0 Å². The summed E-state index contributed by atoms with van der Waals surface area (Å²) in [5.74, 6) is 6.63. The smallest absolute Gasteiger partial charge is 0.0327 e. The molecule has 0 aromatic heterocycles. The second-order valence-electron chi connectivity index (χ2n) is 6.93. The van der Waals surface area contributed by atoms with Gasteiger partial charge in [0, 0.05) is 11.1 Å². The third-order valence-corrected chi connectivity index (χ3v) is 4.51. The third kappa shape index (κ3) is 5.09. The number of hydrogen-bond acceptors (Lipinski definition) is 0. The van der Waals surface area contributed by atoms with Crippen molar-refractivity contribution >= 4 is 11.6 Å². The third-order valence-electron chi connectivity index (χ3n) is 4.51. The lowest BCUT2D eigenvalue weighted by Crippen LogP contribution is -1.88. The van der Waals surface area contributed by atoms with Crippen molar-refractivity contribution < 1.29 is 0 Å². The number of aryl methyl sites for hydroxylation is 3. The molecule has 132 valence electrons. The predicted molar refractivity (Wildman–Crippen MR) is 117 cm³/mol. The van der Waals surface area contributed by atoms with Crippen LogP contribution in [0.3, 0.4) is 0 Å². The van der Waals surface area contributed by atoms with Crippen molar-refractivity contribution in [2.24, 2.45) is 0 Å². The Bertz CT molecular complexity index is 1020. The number of benzene rings is 3. The molecule has 0 aliphatic heterocycles. The lowest BCUT2D eigenvalue weighted by Gasteiger charge is -2.07. The summed E-state index contributed by atoms with van der Waals surface area (Å²) in [6.45, 7) is 10.6. The van der Waals surface area contributed by atoms with E-state index in [0.29, 0.717) is 0 Å². The largest absolute Gasteiger partial charge is 0.0899 e. The molecule has 0 unspecified atom stereocenters. The van der Waals surface area contributed by atoms with Crippen molar-refractivity contribution in [2.75, 3.05) is 0 Å². The fourth-order valence-corrected chi connectivity index (χ4v) is 2.71. The van der Waals surface area contributed by atoms with Crippen LogP contribution in [0.15, 0.2) is 84.9 Å². The van der Waals surface area contributed by atoms with Crippen LogP contribution in [-0.2, 0) is 0 Å². The SMILES string of the molecule is C=C(/C(C#Cc1ccc(C)cc1)=C\c1ccc(C)cc1)c1ccc(C)cc1. The van der Waals surface area contributed by atoms with E-state index in [0.717, 1.165) is 27.8 Å². The zero-order valence-electron chi connectivity index (χ0n) is 16.2. The minimum absolute atomic E-state index is 0.934. The summed E-state index contributed by atoms with van der Waals surface area (Å²) in [5, 5.41) is 0. The van der Waals surface area contributed by atoms with Gasteiger partial charge in [-0.3, -0.25) is 0 Å². The van der Waals surface area contributed by atoms with E-state index in [4.69, 9.17) is 0 Å². The van der Waals surface area contributed by atoms with Gasteiger partial charge < -0.3 is 0 Å². The van der Waals surface area contributed by atoms with Crippen LogP contribution in [0, 0.1) is 32.6 Å². The monoisotopic (exact) mass is 348 g/mol. The van der Waals surface area contributed by atoms with Crippen LogP contribution < -0.4 is 0 Å². The average molecular weight is 348 g/mol. The van der Waals surface area contributed by atoms with Gasteiger partial charge in [0.25, 0.3) is 0 Å². The van der Waals surface area contributed by atoms with E-state index in [1.165, 1.54) is 16.7 Å². The van der Waals surface area contributed by atoms with Gasteiger partial charge >= 0.3 is 0 Å². The van der Waals surface area contributed by atoms with E-state index in [9.17, 15) is 0 Å². The van der Waals surface area contributed by atoms with E-state index in [1.807, 2.05) is 0 Å². The van der Waals surface area contributed by atoms with Gasteiger partial charge in [-0.1, -0.05) is 95.8 Å². The highest BCUT2D eigenvalue weighted by Crippen LogP contribution is 2.24. The Morgan fingerprint density at radius 2 is 1.19 bits per heavy atom. The molecule has 0 nitrogen and oxygen atoms in total. The molecule has 0 spiro atoms. The molecule has 0 N–H and O–H groups in total. The molecule has 0 fully saturated rings. The lowest BCUT2D eigenvalue weighted by molar-refractivity contribution is 1.45. The molecule has 0 aliphatic rings. The maximum absolute atomic E-state index is 4.32. The van der Waals surface area contributed by atoms with Gasteiger partial charge in [-0.25, -0.2) is 0 Å². The Kier molecular flexibility index (Phi) is 5.74. The first-order valence-corrected chi connectivity index (χ1v) is 9.15. The normalized spacial score (nSPS) is 10.9. The zero-order valence-corrected chi connectivity index (χ0v) is 16.2. The van der Waals surface area contributed by atoms with Crippen LogP contribution in [0.25, 0.3) is 11.6 Å². The van der Waals surface area contributed by atoms with Crippen LogP contribution in [0.5, 0.6) is 0 Å². The summed E-state index contributed by atoms with van der Waals surface area (Å²) in [6, 6.07) is 25.2. The van der Waals surface area contributed by atoms with E-state index in [1.54, 1.807) is 0 Å². The summed E-state index contributed by atoms with van der Waals surface area (Å²) >= 11 is 0. The zero-order chi connectivity index (χ0) is 19.2. The standard InChI is InChI=1S/C27H24/c1-20-5-11-24(12-6-20)15-18-27(19-25-13-7-21(2)8-14-25)23(4)26-16-9-22(3)10-17-26/h5-14,16-17,19H,4H2,1-3H3/b27-19-. The fraction of sp³-hybridized carbons (Fsp3) is 0.111. The minimum atomic E-state index is 0.934. The lowest BCUT2D eigenvalue weighted by atomic mass is 9.96. The quantitative estimate of drug-likeness (QED) is 0.362. The molecule has 0 saturated heterocycles. The maximum atomic E-state index is 4.32. The molecule has 3 aromatic carbocycles. The highest BCUT2D eigenvalue weighted by Gasteiger charge is 2.04. The van der Waals surface area contributed by atoms with Crippen LogP contribution in [0.1, 0.15) is 33.4 Å². The molecule has 0 atom stereocenters. The molecule has 0 bridgehead atoms. The summed E-state index contributed by atoms with van der Waals surface area (Å²) in [5.41, 5.74) is 8.82. The molecule has 3 rings (SSSR count). The summed E-state index contributed by atoms with van der Waals surface area (Å²) in [6.07, 6.45) is 2.11. The van der Waals surface area contributed by atoms with E-state index >= 15 is 0 Å². The molecule has 3 aromatic rings. The Morgan fingerprint density at radius 1 is 0.704 bits per heavy atom. The Hall–Kier alpha value is -3.30. The van der Waals surface area contributed by atoms with Crippen molar-refractivity contribution in [3.05, 3.63) is 118 Å². The summed E-state index contributed by atoms with van der Waals surface area (Å²) < 4.78 is 0. The van der Waals surface area contributed by atoms with Gasteiger partial charge in [0.1, 0.15) is 0 Å². The highest BCUT2D eigenvalue weighted by atomic mass is 14.1. The van der Waals surface area contributed by atoms with E-state index in [2.05, 4.69) is 118 Å². The molecule has 0 heteroatoms. The van der Waals surface area contributed by atoms with Gasteiger partial charge in [0.05, 0.1) is 0 Å². The molecular formula is C27H24. The van der Waals surface area contributed by atoms with Gasteiger partial charge in [-0.05, 0) is 55.7 Å². The molecule has 0 heterocycles. The number of allylic oxidation sites excluding steroid dienone is 2. The van der Waals surface area contributed by atoms with Crippen LogP contribution in [-0.4, -0.2) is 0 Å². The van der Waals surface area contributed by atoms with Crippen molar-refractivity contribution in [3.8, 4) is 11.8 Å². The van der Waals surface area contributed by atoms with Gasteiger partial charge in [-0.15, -0.1) is 0 Å². The molecule has 0 aliphatic carbocycles. The molecule has 0 amide bonds. The van der Waals surface area contributed by atoms with Crippen molar-refractivity contribution in [1.82, 2.24) is 0 Å². The van der Waals surface area contributed by atoms with Crippen molar-refractivity contribution in [2.45, 2.75) is 20.8 Å². The van der Waals surface area contributed by atoms with Crippen LogP contribution >= 0.6 is 0 Å². The van der Waals surface area contributed by atoms with Crippen LogP contribution in [0.4, 0.5) is 0 Å². The first-order valence-electron chi connectivity index (χ1n) is 9.15. The Labute approximate surface area is 162 Å².